The molecular formula is C44H62N2O5. The number of esters is 1. The van der Waals surface area contributed by atoms with E-state index in [4.69, 9.17) is 9.47 Å². The number of rotatable bonds is 19. The Balaban J connectivity index is 1.00. The molecule has 5 aliphatic rings. The number of aryl methyl sites for hydroxylation is 1. The summed E-state index contributed by atoms with van der Waals surface area (Å²) in [6.07, 6.45) is 19.3. The Hall–Kier alpha value is -2.90. The molecule has 0 aromatic heterocycles. The number of amides is 1. The number of hydrogen-bond donors (Lipinski definition) is 1. The maximum absolute atomic E-state index is 14.2. The number of unbranched alkanes of at least 4 members (excludes halogenated alkanes) is 9. The normalized spacial score (nSPS) is 28.5. The summed E-state index contributed by atoms with van der Waals surface area (Å²) in [5, 5.41) is 10.2. The minimum absolute atomic E-state index is 0.0162. The number of aliphatic hydroxyl groups is 1. The summed E-state index contributed by atoms with van der Waals surface area (Å²) in [4.78, 5) is 31.4. The smallest absolute Gasteiger partial charge is 0.308 e. The highest BCUT2D eigenvalue weighted by molar-refractivity contribution is 5.77. The highest BCUT2D eigenvalue weighted by Crippen LogP contribution is 2.64. The van der Waals surface area contributed by atoms with Crippen molar-refractivity contribution in [2.75, 3.05) is 19.6 Å². The molecule has 2 aromatic rings. The van der Waals surface area contributed by atoms with Crippen LogP contribution in [0.3, 0.4) is 0 Å². The van der Waals surface area contributed by atoms with Crippen LogP contribution in [0.25, 0.3) is 0 Å². The number of carbonyl (C=O) groups is 2. The predicted molar refractivity (Wildman–Crippen MR) is 201 cm³/mol. The first kappa shape index (κ1) is 36.5. The SMILES string of the molecule is CCCCCN(C(=O)CCCCCCCCCCc1ccccc1)[C@H]1CC[C@H]2[C@H]3Cc4ccc(OC(C)=O)c5c4[C@@]2(CCN3CC2CC2O)[C@H]1O5. The average Bonchev–Trinajstić information content (AvgIpc) is 3.71. The molecule has 51 heavy (non-hydrogen) atoms. The van der Waals surface area contributed by atoms with Crippen LogP contribution >= 0.6 is 0 Å². The van der Waals surface area contributed by atoms with Gasteiger partial charge in [0.15, 0.2) is 11.5 Å². The third kappa shape index (κ3) is 7.76. The van der Waals surface area contributed by atoms with Gasteiger partial charge in [-0.25, -0.2) is 0 Å². The van der Waals surface area contributed by atoms with E-state index in [1.807, 2.05) is 6.07 Å². The van der Waals surface area contributed by atoms with Gasteiger partial charge in [-0.15, -0.1) is 0 Å². The summed E-state index contributed by atoms with van der Waals surface area (Å²) in [5.74, 6) is 2.07. The molecular weight excluding hydrogens is 636 g/mol. The van der Waals surface area contributed by atoms with Crippen LogP contribution < -0.4 is 9.47 Å². The molecule has 1 saturated heterocycles. The van der Waals surface area contributed by atoms with E-state index >= 15 is 0 Å². The quantitative estimate of drug-likeness (QED) is 0.0906. The molecule has 7 rings (SSSR count). The van der Waals surface area contributed by atoms with Crippen LogP contribution in [-0.2, 0) is 27.8 Å². The zero-order valence-corrected chi connectivity index (χ0v) is 31.3. The molecule has 278 valence electrons. The fourth-order valence-electron chi connectivity index (χ4n) is 10.6. The molecule has 2 bridgehead atoms. The summed E-state index contributed by atoms with van der Waals surface area (Å²) < 4.78 is 12.9. The second-order valence-corrected chi connectivity index (χ2v) is 16.5. The topological polar surface area (TPSA) is 79.3 Å². The van der Waals surface area contributed by atoms with Gasteiger partial charge in [-0.3, -0.25) is 14.5 Å². The van der Waals surface area contributed by atoms with E-state index in [1.54, 1.807) is 0 Å². The van der Waals surface area contributed by atoms with Gasteiger partial charge < -0.3 is 19.5 Å². The van der Waals surface area contributed by atoms with E-state index in [0.717, 1.165) is 89.6 Å². The van der Waals surface area contributed by atoms with Crippen LogP contribution in [0.4, 0.5) is 0 Å². The minimum atomic E-state index is -0.332. The van der Waals surface area contributed by atoms with Crippen LogP contribution in [0.1, 0.15) is 133 Å². The molecule has 2 unspecified atom stereocenters. The molecule has 7 atom stereocenters. The maximum Gasteiger partial charge on any atom is 0.308 e. The van der Waals surface area contributed by atoms with E-state index in [2.05, 4.69) is 53.1 Å². The van der Waals surface area contributed by atoms with Crippen molar-refractivity contribution in [3.63, 3.8) is 0 Å². The Morgan fingerprint density at radius 1 is 0.961 bits per heavy atom. The molecule has 2 saturated carbocycles. The summed E-state index contributed by atoms with van der Waals surface area (Å²) in [6, 6.07) is 15.3. The van der Waals surface area contributed by atoms with Crippen molar-refractivity contribution in [1.29, 1.82) is 0 Å². The number of ether oxygens (including phenoxy) is 2. The molecule has 7 heteroatoms. The van der Waals surface area contributed by atoms with Crippen molar-refractivity contribution in [1.82, 2.24) is 9.80 Å². The maximum atomic E-state index is 14.2. The highest BCUT2D eigenvalue weighted by atomic mass is 16.6. The number of likely N-dealkylation sites (tertiary alicyclic amines) is 1. The molecule has 1 spiro atoms. The lowest BCUT2D eigenvalue weighted by atomic mass is 9.51. The zero-order valence-electron chi connectivity index (χ0n) is 31.3. The zero-order chi connectivity index (χ0) is 35.4. The Morgan fingerprint density at radius 2 is 1.71 bits per heavy atom. The van der Waals surface area contributed by atoms with E-state index in [0.29, 0.717) is 36.0 Å². The molecule has 0 radical (unpaired) electrons. The van der Waals surface area contributed by atoms with Crippen molar-refractivity contribution in [3.05, 3.63) is 59.2 Å². The highest BCUT2D eigenvalue weighted by Gasteiger charge is 2.67. The van der Waals surface area contributed by atoms with E-state index < -0.39 is 0 Å². The minimum Gasteiger partial charge on any atom is -0.483 e. The van der Waals surface area contributed by atoms with Gasteiger partial charge in [0.05, 0.1) is 12.1 Å². The van der Waals surface area contributed by atoms with Gasteiger partial charge in [0.25, 0.3) is 0 Å². The van der Waals surface area contributed by atoms with Crippen molar-refractivity contribution >= 4 is 11.9 Å². The Bertz CT molecular complexity index is 1500. The van der Waals surface area contributed by atoms with Gasteiger partial charge in [-0.05, 0) is 87.4 Å². The molecule has 3 fully saturated rings. The third-order valence-corrected chi connectivity index (χ3v) is 13.2. The van der Waals surface area contributed by atoms with Crippen molar-refractivity contribution in [2.24, 2.45) is 11.8 Å². The Morgan fingerprint density at radius 3 is 2.43 bits per heavy atom. The lowest BCUT2D eigenvalue weighted by molar-refractivity contribution is -0.143. The molecule has 1 amide bonds. The Kier molecular flexibility index (Phi) is 11.7. The standard InChI is InChI=1S/C44H62N2O5/c1-3-4-16-26-46(40(49)20-15-10-8-6-5-7-9-12-17-32-18-13-11-14-19-32)36-23-22-35-37-28-33-21-24-39(50-31(2)47)42-41(33)44(35,43(36)51-42)25-27-45(37)30-34-29-38(34)48/h11,13-14,18-19,21,24,34-38,43,48H,3-10,12,15-17,20,22-23,25-30H2,1-2H3/t34?,35-,36-,37+,38?,43-,44-/m0/s1. The van der Waals surface area contributed by atoms with E-state index in [1.165, 1.54) is 68.6 Å². The first-order valence-electron chi connectivity index (χ1n) is 20.7. The average molecular weight is 699 g/mol. The largest absolute Gasteiger partial charge is 0.483 e. The second kappa shape index (κ2) is 16.4. The van der Waals surface area contributed by atoms with Gasteiger partial charge in [-0.2, -0.15) is 0 Å². The second-order valence-electron chi connectivity index (χ2n) is 16.5. The van der Waals surface area contributed by atoms with Gasteiger partial charge in [0.2, 0.25) is 5.91 Å². The van der Waals surface area contributed by atoms with Crippen LogP contribution in [0.5, 0.6) is 11.5 Å². The molecule has 1 N–H and O–H groups in total. The number of benzene rings is 2. The summed E-state index contributed by atoms with van der Waals surface area (Å²) in [6.45, 7) is 6.42. The van der Waals surface area contributed by atoms with Crippen LogP contribution in [-0.4, -0.2) is 70.7 Å². The van der Waals surface area contributed by atoms with Gasteiger partial charge >= 0.3 is 5.97 Å². The molecule has 3 aliphatic carbocycles. The molecule has 2 aromatic carbocycles. The fourth-order valence-corrected chi connectivity index (χ4v) is 10.6. The van der Waals surface area contributed by atoms with E-state index in [9.17, 15) is 14.7 Å². The summed E-state index contributed by atoms with van der Waals surface area (Å²) in [5.41, 5.74) is 3.84. The van der Waals surface area contributed by atoms with Crippen molar-refractivity contribution < 1.29 is 24.2 Å². The molecule has 2 aliphatic heterocycles. The predicted octanol–water partition coefficient (Wildman–Crippen LogP) is 8.17. The summed E-state index contributed by atoms with van der Waals surface area (Å²) in [7, 11) is 0. The first-order chi connectivity index (χ1) is 24.9. The van der Waals surface area contributed by atoms with Gasteiger partial charge in [0, 0.05) is 49.4 Å². The van der Waals surface area contributed by atoms with Crippen LogP contribution in [0, 0.1) is 11.8 Å². The van der Waals surface area contributed by atoms with Crippen LogP contribution in [0.2, 0.25) is 0 Å². The number of nitrogens with zero attached hydrogens (tertiary/aromatic N) is 2. The number of piperidine rings is 1. The lowest BCUT2D eigenvalue weighted by Crippen LogP contribution is -2.69. The third-order valence-electron chi connectivity index (χ3n) is 13.2. The van der Waals surface area contributed by atoms with Gasteiger partial charge in [0.1, 0.15) is 6.10 Å². The number of aliphatic hydroxyl groups excluding tert-OH is 1. The molecule has 7 nitrogen and oxygen atoms in total. The lowest BCUT2D eigenvalue weighted by Gasteiger charge is -2.60. The van der Waals surface area contributed by atoms with Crippen LogP contribution in [0.15, 0.2) is 42.5 Å². The van der Waals surface area contributed by atoms with E-state index in [-0.39, 0.29) is 29.6 Å². The van der Waals surface area contributed by atoms with Gasteiger partial charge in [-0.1, -0.05) is 94.7 Å². The van der Waals surface area contributed by atoms with Crippen molar-refractivity contribution in [3.8, 4) is 11.5 Å². The Labute approximate surface area is 306 Å². The summed E-state index contributed by atoms with van der Waals surface area (Å²) >= 11 is 0. The van der Waals surface area contributed by atoms with Crippen molar-refractivity contribution in [2.45, 2.75) is 159 Å². The first-order valence-corrected chi connectivity index (χ1v) is 20.7. The monoisotopic (exact) mass is 698 g/mol. The number of hydrogen-bond acceptors (Lipinski definition) is 6. The number of carbonyl (C=O) groups excluding carboxylic acids is 2. The fraction of sp³-hybridized carbons (Fsp3) is 0.682. The molecule has 2 heterocycles.